The van der Waals surface area contributed by atoms with E-state index in [0.717, 1.165) is 44.1 Å². The zero-order valence-corrected chi connectivity index (χ0v) is 16.1. The minimum absolute atomic E-state index is 0.141. The SMILES string of the molecule is O=C(NCC1CCCCC1)C(CO)NC(=O)C1(c2ccccc2)CCCC1. The van der Waals surface area contributed by atoms with E-state index in [1.54, 1.807) is 0 Å². The first-order valence-electron chi connectivity index (χ1n) is 10.4. The number of benzene rings is 1. The first-order valence-corrected chi connectivity index (χ1v) is 10.4. The van der Waals surface area contributed by atoms with Crippen molar-refractivity contribution in [3.8, 4) is 0 Å². The maximum Gasteiger partial charge on any atom is 0.244 e. The summed E-state index contributed by atoms with van der Waals surface area (Å²) in [5, 5.41) is 15.5. The van der Waals surface area contributed by atoms with Crippen molar-refractivity contribution >= 4 is 11.8 Å². The van der Waals surface area contributed by atoms with Gasteiger partial charge in [0.15, 0.2) is 0 Å². The normalized spacial score (nSPS) is 20.8. The summed E-state index contributed by atoms with van der Waals surface area (Å²) < 4.78 is 0. The third-order valence-corrected chi connectivity index (χ3v) is 6.31. The molecule has 0 heterocycles. The molecule has 3 rings (SSSR count). The molecule has 0 aliphatic heterocycles. The van der Waals surface area contributed by atoms with Crippen molar-refractivity contribution in [2.24, 2.45) is 5.92 Å². The highest BCUT2D eigenvalue weighted by Crippen LogP contribution is 2.41. The quantitative estimate of drug-likeness (QED) is 0.688. The fourth-order valence-corrected chi connectivity index (χ4v) is 4.63. The second kappa shape index (κ2) is 9.36. The number of nitrogens with one attached hydrogen (secondary N) is 2. The number of rotatable bonds is 7. The number of hydrogen-bond donors (Lipinski definition) is 3. The van der Waals surface area contributed by atoms with Crippen molar-refractivity contribution < 1.29 is 14.7 Å². The molecule has 5 heteroatoms. The average molecular weight is 373 g/mol. The molecule has 1 aromatic carbocycles. The third kappa shape index (κ3) is 4.70. The Balaban J connectivity index is 1.62. The molecule has 2 amide bonds. The lowest BCUT2D eigenvalue weighted by Gasteiger charge is -2.30. The summed E-state index contributed by atoms with van der Waals surface area (Å²) in [6, 6.07) is 8.93. The standard InChI is InChI=1S/C22H32N2O3/c25-16-19(20(26)23-15-17-9-3-1-4-10-17)24-21(27)22(13-7-8-14-22)18-11-5-2-6-12-18/h2,5-6,11-12,17,19,25H,1,3-4,7-10,13-16H2,(H,23,26)(H,24,27). The summed E-state index contributed by atoms with van der Waals surface area (Å²) in [6.07, 6.45) is 9.58. The zero-order valence-electron chi connectivity index (χ0n) is 16.1. The van der Waals surface area contributed by atoms with Gasteiger partial charge in [0.2, 0.25) is 11.8 Å². The fourth-order valence-electron chi connectivity index (χ4n) is 4.63. The van der Waals surface area contributed by atoms with Gasteiger partial charge >= 0.3 is 0 Å². The highest BCUT2D eigenvalue weighted by molar-refractivity contribution is 5.93. The lowest BCUT2D eigenvalue weighted by atomic mass is 9.78. The molecule has 0 bridgehead atoms. The lowest BCUT2D eigenvalue weighted by Crippen LogP contribution is -2.54. The van der Waals surface area contributed by atoms with Crippen LogP contribution in [0.25, 0.3) is 0 Å². The van der Waals surface area contributed by atoms with Crippen LogP contribution in [0, 0.1) is 5.92 Å². The third-order valence-electron chi connectivity index (χ3n) is 6.31. The van der Waals surface area contributed by atoms with Gasteiger partial charge in [-0.25, -0.2) is 0 Å². The van der Waals surface area contributed by atoms with Crippen LogP contribution in [0.4, 0.5) is 0 Å². The van der Waals surface area contributed by atoms with Gasteiger partial charge in [-0.2, -0.15) is 0 Å². The molecular formula is C22H32N2O3. The van der Waals surface area contributed by atoms with Crippen molar-refractivity contribution in [1.29, 1.82) is 0 Å². The zero-order chi connectivity index (χ0) is 19.1. The van der Waals surface area contributed by atoms with E-state index in [4.69, 9.17) is 0 Å². The van der Waals surface area contributed by atoms with E-state index in [9.17, 15) is 14.7 Å². The monoisotopic (exact) mass is 372 g/mol. The van der Waals surface area contributed by atoms with Crippen molar-refractivity contribution in [3.05, 3.63) is 35.9 Å². The summed E-state index contributed by atoms with van der Waals surface area (Å²) in [5.74, 6) is 0.0962. The first-order chi connectivity index (χ1) is 13.2. The fraction of sp³-hybridized carbons (Fsp3) is 0.636. The molecule has 0 saturated heterocycles. The minimum Gasteiger partial charge on any atom is -0.394 e. The predicted octanol–water partition coefficient (Wildman–Crippen LogP) is 2.67. The van der Waals surface area contributed by atoms with Crippen LogP contribution >= 0.6 is 0 Å². The van der Waals surface area contributed by atoms with Crippen LogP contribution in [0.1, 0.15) is 63.4 Å². The van der Waals surface area contributed by atoms with Gasteiger partial charge in [0.1, 0.15) is 6.04 Å². The Morgan fingerprint density at radius 1 is 1.04 bits per heavy atom. The molecule has 0 aromatic heterocycles. The number of aliphatic hydroxyl groups excluding tert-OH is 1. The molecule has 3 N–H and O–H groups in total. The van der Waals surface area contributed by atoms with Crippen LogP contribution in [0.3, 0.4) is 0 Å². The molecule has 0 spiro atoms. The Kier molecular flexibility index (Phi) is 6.89. The maximum absolute atomic E-state index is 13.1. The van der Waals surface area contributed by atoms with E-state index in [-0.39, 0.29) is 18.4 Å². The molecular weight excluding hydrogens is 340 g/mol. The maximum atomic E-state index is 13.1. The largest absolute Gasteiger partial charge is 0.394 e. The first kappa shape index (κ1) is 19.9. The van der Waals surface area contributed by atoms with Gasteiger partial charge in [0, 0.05) is 6.54 Å². The molecule has 0 radical (unpaired) electrons. The minimum atomic E-state index is -0.887. The van der Waals surface area contributed by atoms with Crippen LogP contribution in [0.15, 0.2) is 30.3 Å². The summed E-state index contributed by atoms with van der Waals surface area (Å²) >= 11 is 0. The number of carbonyl (C=O) groups is 2. The van der Waals surface area contributed by atoms with E-state index in [1.165, 1.54) is 19.3 Å². The summed E-state index contributed by atoms with van der Waals surface area (Å²) in [7, 11) is 0. The second-order valence-corrected chi connectivity index (χ2v) is 8.11. The summed E-state index contributed by atoms with van der Waals surface area (Å²) in [4.78, 5) is 25.7. The number of amides is 2. The van der Waals surface area contributed by atoms with Gasteiger partial charge < -0.3 is 15.7 Å². The molecule has 27 heavy (non-hydrogen) atoms. The topological polar surface area (TPSA) is 78.4 Å². The van der Waals surface area contributed by atoms with Gasteiger partial charge in [-0.15, -0.1) is 0 Å². The van der Waals surface area contributed by atoms with Crippen LogP contribution in [0.2, 0.25) is 0 Å². The van der Waals surface area contributed by atoms with Crippen LogP contribution in [0.5, 0.6) is 0 Å². The smallest absolute Gasteiger partial charge is 0.244 e. The highest BCUT2D eigenvalue weighted by atomic mass is 16.3. The van der Waals surface area contributed by atoms with Gasteiger partial charge in [-0.3, -0.25) is 9.59 Å². The van der Waals surface area contributed by atoms with Crippen LogP contribution < -0.4 is 10.6 Å². The van der Waals surface area contributed by atoms with E-state index >= 15 is 0 Å². The van der Waals surface area contributed by atoms with Crippen molar-refractivity contribution in [2.75, 3.05) is 13.2 Å². The van der Waals surface area contributed by atoms with Gasteiger partial charge in [0.25, 0.3) is 0 Å². The molecule has 2 aliphatic carbocycles. The second-order valence-electron chi connectivity index (χ2n) is 8.11. The Morgan fingerprint density at radius 2 is 1.70 bits per heavy atom. The average Bonchev–Trinajstić information content (AvgIpc) is 3.23. The van der Waals surface area contributed by atoms with Crippen LogP contribution in [-0.2, 0) is 15.0 Å². The van der Waals surface area contributed by atoms with Crippen molar-refractivity contribution in [3.63, 3.8) is 0 Å². The van der Waals surface area contributed by atoms with E-state index < -0.39 is 11.5 Å². The Hall–Kier alpha value is -1.88. The molecule has 148 valence electrons. The lowest BCUT2D eigenvalue weighted by molar-refractivity contribution is -0.133. The van der Waals surface area contributed by atoms with Gasteiger partial charge in [-0.1, -0.05) is 62.4 Å². The molecule has 5 nitrogen and oxygen atoms in total. The predicted molar refractivity (Wildman–Crippen MR) is 105 cm³/mol. The van der Waals surface area contributed by atoms with Gasteiger partial charge in [0.05, 0.1) is 12.0 Å². The Bertz CT molecular complexity index is 620. The van der Waals surface area contributed by atoms with Crippen LogP contribution in [-0.4, -0.2) is 36.1 Å². The number of carbonyl (C=O) groups excluding carboxylic acids is 2. The van der Waals surface area contributed by atoms with E-state index in [0.29, 0.717) is 12.5 Å². The molecule has 1 unspecified atom stereocenters. The Morgan fingerprint density at radius 3 is 2.33 bits per heavy atom. The molecule has 2 fully saturated rings. The molecule has 1 aromatic rings. The molecule has 1 atom stereocenters. The number of aliphatic hydroxyl groups is 1. The van der Waals surface area contributed by atoms with E-state index in [1.807, 2.05) is 30.3 Å². The van der Waals surface area contributed by atoms with E-state index in [2.05, 4.69) is 10.6 Å². The highest BCUT2D eigenvalue weighted by Gasteiger charge is 2.43. The molecule has 2 aliphatic rings. The Labute approximate surface area is 161 Å². The van der Waals surface area contributed by atoms with Gasteiger partial charge in [-0.05, 0) is 37.2 Å². The van der Waals surface area contributed by atoms with Crippen molar-refractivity contribution in [1.82, 2.24) is 10.6 Å². The molecule has 2 saturated carbocycles. The van der Waals surface area contributed by atoms with Crippen molar-refractivity contribution in [2.45, 2.75) is 69.2 Å². The summed E-state index contributed by atoms with van der Waals surface area (Å²) in [5.41, 5.74) is 0.414. The number of hydrogen-bond acceptors (Lipinski definition) is 3. The summed E-state index contributed by atoms with van der Waals surface area (Å²) in [6.45, 7) is 0.252.